The van der Waals surface area contributed by atoms with Gasteiger partial charge in [-0.15, -0.1) is 0 Å². The summed E-state index contributed by atoms with van der Waals surface area (Å²) in [6, 6.07) is 0. The van der Waals surface area contributed by atoms with Gasteiger partial charge >= 0.3 is 0 Å². The van der Waals surface area contributed by atoms with E-state index in [4.69, 9.17) is 0 Å². The van der Waals surface area contributed by atoms with Crippen LogP contribution in [0.25, 0.3) is 0 Å². The standard InChI is InChI=1S/C15H30/c1-10(2)12(5)14-8-7-9-15(14)13(6)11(3)4/h10-15H,7-9H2,1-6H3. The lowest BCUT2D eigenvalue weighted by Gasteiger charge is -2.34. The van der Waals surface area contributed by atoms with Crippen molar-refractivity contribution < 1.29 is 0 Å². The van der Waals surface area contributed by atoms with Crippen molar-refractivity contribution in [1.82, 2.24) is 0 Å². The Bertz CT molecular complexity index is 160. The Balaban J connectivity index is 2.64. The lowest BCUT2D eigenvalue weighted by molar-refractivity contribution is 0.150. The molecule has 0 heteroatoms. The molecule has 0 aromatic carbocycles. The summed E-state index contributed by atoms with van der Waals surface area (Å²) in [6.45, 7) is 14.5. The predicted molar refractivity (Wildman–Crippen MR) is 68.8 cm³/mol. The van der Waals surface area contributed by atoms with Crippen LogP contribution in [0.15, 0.2) is 0 Å². The average Bonchev–Trinajstić information content (AvgIpc) is 2.63. The van der Waals surface area contributed by atoms with Crippen LogP contribution in [0.2, 0.25) is 0 Å². The molecule has 1 aliphatic rings. The van der Waals surface area contributed by atoms with E-state index in [0.29, 0.717) is 0 Å². The van der Waals surface area contributed by atoms with Crippen molar-refractivity contribution in [2.24, 2.45) is 35.5 Å². The summed E-state index contributed by atoms with van der Waals surface area (Å²) in [7, 11) is 0. The molecule has 15 heavy (non-hydrogen) atoms. The molecule has 90 valence electrons. The van der Waals surface area contributed by atoms with Crippen LogP contribution in [0.4, 0.5) is 0 Å². The van der Waals surface area contributed by atoms with Gasteiger partial charge in [0.25, 0.3) is 0 Å². The van der Waals surface area contributed by atoms with Crippen LogP contribution in [0.5, 0.6) is 0 Å². The Labute approximate surface area is 96.8 Å². The van der Waals surface area contributed by atoms with E-state index in [0.717, 1.165) is 35.5 Å². The van der Waals surface area contributed by atoms with E-state index in [2.05, 4.69) is 41.5 Å². The molecular weight excluding hydrogens is 180 g/mol. The second kappa shape index (κ2) is 5.37. The first-order valence-corrected chi connectivity index (χ1v) is 6.95. The van der Waals surface area contributed by atoms with E-state index in [1.165, 1.54) is 19.3 Å². The molecule has 4 atom stereocenters. The van der Waals surface area contributed by atoms with Crippen molar-refractivity contribution in [3.63, 3.8) is 0 Å². The fraction of sp³-hybridized carbons (Fsp3) is 1.00. The quantitative estimate of drug-likeness (QED) is 0.613. The summed E-state index contributed by atoms with van der Waals surface area (Å²) in [5, 5.41) is 0. The van der Waals surface area contributed by atoms with E-state index in [1.807, 2.05) is 0 Å². The molecule has 0 nitrogen and oxygen atoms in total. The third-order valence-electron chi connectivity index (χ3n) is 5.08. The van der Waals surface area contributed by atoms with Gasteiger partial charge in [-0.25, -0.2) is 0 Å². The monoisotopic (exact) mass is 210 g/mol. The number of hydrogen-bond donors (Lipinski definition) is 0. The van der Waals surface area contributed by atoms with Gasteiger partial charge < -0.3 is 0 Å². The molecule has 1 rings (SSSR count). The van der Waals surface area contributed by atoms with Gasteiger partial charge in [-0.05, 0) is 48.3 Å². The smallest absolute Gasteiger partial charge is 0.0355 e. The van der Waals surface area contributed by atoms with Crippen LogP contribution >= 0.6 is 0 Å². The predicted octanol–water partition coefficient (Wildman–Crippen LogP) is 4.99. The van der Waals surface area contributed by atoms with Gasteiger partial charge in [0.2, 0.25) is 0 Å². The number of hydrogen-bond acceptors (Lipinski definition) is 0. The Morgan fingerprint density at radius 3 is 1.27 bits per heavy atom. The Hall–Kier alpha value is 0. The summed E-state index contributed by atoms with van der Waals surface area (Å²) in [4.78, 5) is 0. The van der Waals surface area contributed by atoms with E-state index in [9.17, 15) is 0 Å². The summed E-state index contributed by atoms with van der Waals surface area (Å²) < 4.78 is 0. The van der Waals surface area contributed by atoms with Crippen LogP contribution < -0.4 is 0 Å². The molecule has 4 unspecified atom stereocenters. The minimum atomic E-state index is 0.856. The summed E-state index contributed by atoms with van der Waals surface area (Å²) in [6.07, 6.45) is 4.45. The molecule has 0 radical (unpaired) electrons. The Morgan fingerprint density at radius 1 is 0.667 bits per heavy atom. The maximum atomic E-state index is 2.47. The van der Waals surface area contributed by atoms with E-state index in [-0.39, 0.29) is 0 Å². The fourth-order valence-electron chi connectivity index (χ4n) is 3.31. The zero-order valence-corrected chi connectivity index (χ0v) is 11.6. The molecule has 0 saturated heterocycles. The average molecular weight is 210 g/mol. The molecule has 0 amide bonds. The van der Waals surface area contributed by atoms with Crippen LogP contribution in [-0.4, -0.2) is 0 Å². The lowest BCUT2D eigenvalue weighted by atomic mass is 9.72. The van der Waals surface area contributed by atoms with Gasteiger partial charge in [-0.2, -0.15) is 0 Å². The molecule has 0 heterocycles. The number of rotatable bonds is 4. The van der Waals surface area contributed by atoms with Crippen molar-refractivity contribution in [3.8, 4) is 0 Å². The summed E-state index contributed by atoms with van der Waals surface area (Å²) in [5.74, 6) is 5.55. The van der Waals surface area contributed by atoms with E-state index >= 15 is 0 Å². The maximum Gasteiger partial charge on any atom is -0.0355 e. The third-order valence-corrected chi connectivity index (χ3v) is 5.08. The highest BCUT2D eigenvalue weighted by atomic mass is 14.4. The van der Waals surface area contributed by atoms with E-state index < -0.39 is 0 Å². The normalized spacial score (nSPS) is 31.2. The van der Waals surface area contributed by atoms with Gasteiger partial charge in [0.05, 0.1) is 0 Å². The fourth-order valence-corrected chi connectivity index (χ4v) is 3.31. The zero-order valence-electron chi connectivity index (χ0n) is 11.6. The second-order valence-electron chi connectivity index (χ2n) is 6.46. The van der Waals surface area contributed by atoms with Gasteiger partial charge in [-0.3, -0.25) is 0 Å². The molecular formula is C15H30. The van der Waals surface area contributed by atoms with Gasteiger partial charge in [0.1, 0.15) is 0 Å². The molecule has 0 N–H and O–H groups in total. The molecule has 0 aliphatic heterocycles. The van der Waals surface area contributed by atoms with Gasteiger partial charge in [0.15, 0.2) is 0 Å². The first kappa shape index (κ1) is 13.1. The van der Waals surface area contributed by atoms with Crippen LogP contribution in [0.1, 0.15) is 60.8 Å². The zero-order chi connectivity index (χ0) is 11.6. The first-order valence-electron chi connectivity index (χ1n) is 6.95. The molecule has 1 fully saturated rings. The Morgan fingerprint density at radius 2 is 1.00 bits per heavy atom. The van der Waals surface area contributed by atoms with Crippen LogP contribution in [0.3, 0.4) is 0 Å². The maximum absolute atomic E-state index is 2.47. The Kier molecular flexibility index (Phi) is 4.67. The lowest BCUT2D eigenvalue weighted by Crippen LogP contribution is -2.27. The largest absolute Gasteiger partial charge is 0.0625 e. The van der Waals surface area contributed by atoms with Crippen molar-refractivity contribution in [3.05, 3.63) is 0 Å². The molecule has 0 aromatic rings. The molecule has 1 aliphatic carbocycles. The highest BCUT2D eigenvalue weighted by molar-refractivity contribution is 4.86. The van der Waals surface area contributed by atoms with Crippen molar-refractivity contribution in [2.45, 2.75) is 60.8 Å². The third kappa shape index (κ3) is 2.98. The van der Waals surface area contributed by atoms with Crippen LogP contribution in [-0.2, 0) is 0 Å². The van der Waals surface area contributed by atoms with Crippen LogP contribution in [0, 0.1) is 35.5 Å². The first-order chi connectivity index (χ1) is 6.95. The van der Waals surface area contributed by atoms with E-state index in [1.54, 1.807) is 0 Å². The van der Waals surface area contributed by atoms with Gasteiger partial charge in [0, 0.05) is 0 Å². The topological polar surface area (TPSA) is 0 Å². The molecule has 0 bridgehead atoms. The SMILES string of the molecule is CC(C)C(C)C1CCCC1C(C)C(C)C. The summed E-state index contributed by atoms with van der Waals surface area (Å²) in [5.41, 5.74) is 0. The minimum absolute atomic E-state index is 0.856. The van der Waals surface area contributed by atoms with Crippen molar-refractivity contribution in [2.75, 3.05) is 0 Å². The highest BCUT2D eigenvalue weighted by Crippen LogP contribution is 2.45. The molecule has 0 spiro atoms. The van der Waals surface area contributed by atoms with Gasteiger partial charge in [-0.1, -0.05) is 48.0 Å². The van der Waals surface area contributed by atoms with Crippen molar-refractivity contribution in [1.29, 1.82) is 0 Å². The second-order valence-corrected chi connectivity index (χ2v) is 6.46. The van der Waals surface area contributed by atoms with Crippen molar-refractivity contribution >= 4 is 0 Å². The molecule has 0 aromatic heterocycles. The molecule has 1 saturated carbocycles. The minimum Gasteiger partial charge on any atom is -0.0625 e. The highest BCUT2D eigenvalue weighted by Gasteiger charge is 2.36. The summed E-state index contributed by atoms with van der Waals surface area (Å²) >= 11 is 0.